The topological polar surface area (TPSA) is 28.2 Å². The van der Waals surface area contributed by atoms with E-state index in [1.165, 1.54) is 4.90 Å². The molecule has 1 aromatic rings. The van der Waals surface area contributed by atoms with Crippen molar-refractivity contribution in [2.75, 3.05) is 24.5 Å². The van der Waals surface area contributed by atoms with Gasteiger partial charge in [-0.25, -0.2) is 4.98 Å². The van der Waals surface area contributed by atoms with E-state index in [-0.39, 0.29) is 6.54 Å². The summed E-state index contributed by atoms with van der Waals surface area (Å²) in [6.07, 6.45) is -1.53. The molecule has 1 heterocycles. The second-order valence-corrected chi connectivity index (χ2v) is 4.79. The van der Waals surface area contributed by atoms with Crippen molar-refractivity contribution in [2.24, 2.45) is 0 Å². The SMILES string of the molecule is CCCNCc1cnc(N(CC)CC(F)(F)F)c(C)c1. The molecule has 0 unspecified atom stereocenters. The highest BCUT2D eigenvalue weighted by molar-refractivity contribution is 5.47. The number of aromatic nitrogens is 1. The first-order chi connectivity index (χ1) is 9.37. The number of pyridine rings is 1. The zero-order chi connectivity index (χ0) is 15.2. The van der Waals surface area contributed by atoms with Crippen LogP contribution < -0.4 is 10.2 Å². The molecule has 6 heteroatoms. The smallest absolute Gasteiger partial charge is 0.348 e. The van der Waals surface area contributed by atoms with Crippen molar-refractivity contribution in [3.05, 3.63) is 23.4 Å². The lowest BCUT2D eigenvalue weighted by Crippen LogP contribution is -2.35. The first-order valence-corrected chi connectivity index (χ1v) is 6.85. The predicted octanol–water partition coefficient (Wildman–Crippen LogP) is 3.28. The number of alkyl halides is 3. The lowest BCUT2D eigenvalue weighted by atomic mass is 10.2. The summed E-state index contributed by atoms with van der Waals surface area (Å²) in [5.41, 5.74) is 1.76. The van der Waals surface area contributed by atoms with Crippen LogP contribution in [-0.2, 0) is 6.54 Å². The van der Waals surface area contributed by atoms with E-state index in [2.05, 4.69) is 17.2 Å². The summed E-state index contributed by atoms with van der Waals surface area (Å²) >= 11 is 0. The number of halogens is 3. The molecule has 0 spiro atoms. The predicted molar refractivity (Wildman–Crippen MR) is 74.9 cm³/mol. The van der Waals surface area contributed by atoms with Crippen LogP contribution in [0.2, 0.25) is 0 Å². The van der Waals surface area contributed by atoms with Crippen molar-refractivity contribution in [1.29, 1.82) is 0 Å². The van der Waals surface area contributed by atoms with Gasteiger partial charge < -0.3 is 10.2 Å². The number of nitrogens with one attached hydrogen (secondary N) is 1. The van der Waals surface area contributed by atoms with Crippen molar-refractivity contribution in [2.45, 2.75) is 39.9 Å². The monoisotopic (exact) mass is 289 g/mol. The Morgan fingerprint density at radius 2 is 2.00 bits per heavy atom. The first kappa shape index (κ1) is 16.8. The normalized spacial score (nSPS) is 11.7. The van der Waals surface area contributed by atoms with Gasteiger partial charge >= 0.3 is 6.18 Å². The van der Waals surface area contributed by atoms with Gasteiger partial charge in [0.1, 0.15) is 12.4 Å². The molecule has 0 aliphatic heterocycles. The van der Waals surface area contributed by atoms with E-state index in [4.69, 9.17) is 0 Å². The van der Waals surface area contributed by atoms with Crippen molar-refractivity contribution in [3.8, 4) is 0 Å². The number of hydrogen-bond donors (Lipinski definition) is 1. The fourth-order valence-corrected chi connectivity index (χ4v) is 2.02. The Morgan fingerprint density at radius 1 is 1.30 bits per heavy atom. The molecule has 114 valence electrons. The molecule has 0 amide bonds. The van der Waals surface area contributed by atoms with Crippen LogP contribution in [0.1, 0.15) is 31.4 Å². The van der Waals surface area contributed by atoms with Gasteiger partial charge in [-0.2, -0.15) is 13.2 Å². The van der Waals surface area contributed by atoms with Crippen LogP contribution in [0.25, 0.3) is 0 Å². The molecule has 20 heavy (non-hydrogen) atoms. The van der Waals surface area contributed by atoms with Crippen LogP contribution in [0.4, 0.5) is 19.0 Å². The van der Waals surface area contributed by atoms with Crippen LogP contribution >= 0.6 is 0 Å². The molecule has 0 aromatic carbocycles. The molecule has 0 fully saturated rings. The van der Waals surface area contributed by atoms with Gasteiger partial charge in [0.15, 0.2) is 0 Å². The lowest BCUT2D eigenvalue weighted by Gasteiger charge is -2.25. The molecule has 3 nitrogen and oxygen atoms in total. The van der Waals surface area contributed by atoms with Crippen LogP contribution in [0.3, 0.4) is 0 Å². The molecule has 1 aromatic heterocycles. The first-order valence-electron chi connectivity index (χ1n) is 6.85. The third-order valence-corrected chi connectivity index (χ3v) is 2.91. The van der Waals surface area contributed by atoms with Crippen LogP contribution in [0.15, 0.2) is 12.3 Å². The number of rotatable bonds is 7. The van der Waals surface area contributed by atoms with Crippen molar-refractivity contribution in [1.82, 2.24) is 10.3 Å². The minimum Gasteiger partial charge on any atom is -0.348 e. The molecular formula is C14H22F3N3. The number of aryl methyl sites for hydroxylation is 1. The summed E-state index contributed by atoms with van der Waals surface area (Å²) in [4.78, 5) is 5.45. The molecule has 1 N–H and O–H groups in total. The fraction of sp³-hybridized carbons (Fsp3) is 0.643. The van der Waals surface area contributed by atoms with E-state index in [0.29, 0.717) is 12.4 Å². The third-order valence-electron chi connectivity index (χ3n) is 2.91. The van der Waals surface area contributed by atoms with Crippen LogP contribution in [-0.4, -0.2) is 30.8 Å². The van der Waals surface area contributed by atoms with Crippen molar-refractivity contribution in [3.63, 3.8) is 0 Å². The zero-order valence-electron chi connectivity index (χ0n) is 12.2. The average molecular weight is 289 g/mol. The van der Waals surface area contributed by atoms with Gasteiger partial charge in [-0.15, -0.1) is 0 Å². The van der Waals surface area contributed by atoms with Gasteiger partial charge in [0.2, 0.25) is 0 Å². The number of anilines is 1. The van der Waals surface area contributed by atoms with Gasteiger partial charge in [0.05, 0.1) is 0 Å². The molecule has 0 saturated heterocycles. The Bertz CT molecular complexity index is 419. The average Bonchev–Trinajstić information content (AvgIpc) is 2.36. The zero-order valence-corrected chi connectivity index (χ0v) is 12.2. The summed E-state index contributed by atoms with van der Waals surface area (Å²) in [6.45, 7) is 6.49. The summed E-state index contributed by atoms with van der Waals surface area (Å²) in [7, 11) is 0. The summed E-state index contributed by atoms with van der Waals surface area (Å²) < 4.78 is 37.5. The highest BCUT2D eigenvalue weighted by atomic mass is 19.4. The maximum absolute atomic E-state index is 12.5. The highest BCUT2D eigenvalue weighted by Gasteiger charge is 2.31. The number of nitrogens with zero attached hydrogens (tertiary/aromatic N) is 2. The van der Waals surface area contributed by atoms with E-state index in [1.54, 1.807) is 20.0 Å². The van der Waals surface area contributed by atoms with Gasteiger partial charge in [-0.3, -0.25) is 0 Å². The fourth-order valence-electron chi connectivity index (χ4n) is 2.02. The highest BCUT2D eigenvalue weighted by Crippen LogP contribution is 2.23. The van der Waals surface area contributed by atoms with Crippen LogP contribution in [0.5, 0.6) is 0 Å². The summed E-state index contributed by atoms with van der Waals surface area (Å²) in [5, 5.41) is 3.25. The maximum Gasteiger partial charge on any atom is 0.405 e. The molecule has 0 saturated carbocycles. The molecule has 0 bridgehead atoms. The molecule has 0 atom stereocenters. The molecule has 0 radical (unpaired) electrons. The molecular weight excluding hydrogens is 267 g/mol. The molecule has 0 aliphatic carbocycles. The summed E-state index contributed by atoms with van der Waals surface area (Å²) in [5.74, 6) is 0.407. The van der Waals surface area contributed by atoms with E-state index >= 15 is 0 Å². The van der Waals surface area contributed by atoms with Gasteiger partial charge in [-0.1, -0.05) is 6.92 Å². The Kier molecular flexibility index (Phi) is 6.26. The minimum absolute atomic E-state index is 0.279. The van der Waals surface area contributed by atoms with E-state index < -0.39 is 12.7 Å². The third kappa shape index (κ3) is 5.36. The Morgan fingerprint density at radius 3 is 2.50 bits per heavy atom. The standard InChI is InChI=1S/C14H22F3N3/c1-4-6-18-8-12-7-11(3)13(19-9-12)20(5-2)10-14(15,16)17/h7,9,18H,4-6,8,10H2,1-3H3. The lowest BCUT2D eigenvalue weighted by molar-refractivity contribution is -0.119. The van der Waals surface area contributed by atoms with E-state index in [9.17, 15) is 13.2 Å². The number of hydrogen-bond acceptors (Lipinski definition) is 3. The second kappa shape index (κ2) is 7.47. The van der Waals surface area contributed by atoms with Gasteiger partial charge in [0.25, 0.3) is 0 Å². The molecule has 1 rings (SSSR count). The van der Waals surface area contributed by atoms with Gasteiger partial charge in [0, 0.05) is 19.3 Å². The van der Waals surface area contributed by atoms with Crippen molar-refractivity contribution >= 4 is 5.82 Å². The maximum atomic E-state index is 12.5. The summed E-state index contributed by atoms with van der Waals surface area (Å²) in [6, 6.07) is 1.89. The second-order valence-electron chi connectivity index (χ2n) is 4.79. The molecule has 0 aliphatic rings. The Labute approximate surface area is 118 Å². The Hall–Kier alpha value is -1.30. The largest absolute Gasteiger partial charge is 0.405 e. The van der Waals surface area contributed by atoms with E-state index in [1.807, 2.05) is 6.07 Å². The van der Waals surface area contributed by atoms with Crippen molar-refractivity contribution < 1.29 is 13.2 Å². The quantitative estimate of drug-likeness (QED) is 0.781. The van der Waals surface area contributed by atoms with E-state index in [0.717, 1.165) is 24.1 Å². The Balaban J connectivity index is 2.79. The van der Waals surface area contributed by atoms with Gasteiger partial charge in [-0.05, 0) is 44.0 Å². The minimum atomic E-state index is -4.22. The van der Waals surface area contributed by atoms with Crippen LogP contribution in [0, 0.1) is 6.92 Å².